The number of rotatable bonds is 6. The number of piperazine rings is 1. The molecule has 3 N–H and O–H groups in total. The van der Waals surface area contributed by atoms with Gasteiger partial charge in [0.25, 0.3) is 0 Å². The van der Waals surface area contributed by atoms with Gasteiger partial charge in [-0.3, -0.25) is 29.5 Å². The molecule has 2 heterocycles. The van der Waals surface area contributed by atoms with Crippen molar-refractivity contribution >= 4 is 23.5 Å². The average Bonchev–Trinajstić information content (AvgIpc) is 2.60. The fourth-order valence-electron chi connectivity index (χ4n) is 3.29. The molecule has 2 amide bonds. The third-order valence-electron chi connectivity index (χ3n) is 4.76. The molecule has 8 heteroatoms. The van der Waals surface area contributed by atoms with Crippen LogP contribution in [0.4, 0.5) is 5.69 Å². The van der Waals surface area contributed by atoms with Gasteiger partial charge in [-0.2, -0.15) is 0 Å². The smallest absolute Gasteiger partial charge is 0.317 e. The van der Waals surface area contributed by atoms with Gasteiger partial charge in [0.05, 0.1) is 6.54 Å². The van der Waals surface area contributed by atoms with Gasteiger partial charge in [-0.15, -0.1) is 0 Å². The number of anilines is 1. The van der Waals surface area contributed by atoms with Gasteiger partial charge in [0.2, 0.25) is 11.8 Å². The number of carboxylic acid groups (broad SMARTS) is 1. The van der Waals surface area contributed by atoms with Crippen LogP contribution in [-0.2, 0) is 20.9 Å². The molecule has 1 unspecified atom stereocenters. The van der Waals surface area contributed by atoms with Gasteiger partial charge in [-0.05, 0) is 24.1 Å². The van der Waals surface area contributed by atoms with E-state index < -0.39 is 5.97 Å². The zero-order chi connectivity index (χ0) is 18.5. The normalized spacial score (nSPS) is 22.1. The Hall–Kier alpha value is -2.45. The van der Waals surface area contributed by atoms with Crippen molar-refractivity contribution in [3.63, 3.8) is 0 Å². The number of aliphatic carboxylic acids is 1. The molecule has 0 radical (unpaired) electrons. The van der Waals surface area contributed by atoms with Crippen molar-refractivity contribution in [2.75, 3.05) is 38.0 Å². The van der Waals surface area contributed by atoms with Gasteiger partial charge in [-0.1, -0.05) is 12.1 Å². The van der Waals surface area contributed by atoms with Crippen LogP contribution in [-0.4, -0.2) is 71.5 Å². The Kier molecular flexibility index (Phi) is 5.85. The van der Waals surface area contributed by atoms with Gasteiger partial charge in [0.15, 0.2) is 0 Å². The predicted molar refractivity (Wildman–Crippen MR) is 95.6 cm³/mol. The van der Waals surface area contributed by atoms with Crippen molar-refractivity contribution in [1.82, 2.24) is 15.1 Å². The highest BCUT2D eigenvalue weighted by atomic mass is 16.4. The minimum Gasteiger partial charge on any atom is -0.480 e. The number of carbonyl (C=O) groups is 3. The van der Waals surface area contributed by atoms with E-state index in [1.807, 2.05) is 29.2 Å². The Balaban J connectivity index is 1.47. The monoisotopic (exact) mass is 360 g/mol. The summed E-state index contributed by atoms with van der Waals surface area (Å²) >= 11 is 0. The third-order valence-corrected chi connectivity index (χ3v) is 4.76. The summed E-state index contributed by atoms with van der Waals surface area (Å²) in [6.45, 7) is 4.16. The van der Waals surface area contributed by atoms with Gasteiger partial charge >= 0.3 is 5.97 Å². The number of carboxylic acids is 1. The first-order chi connectivity index (χ1) is 12.5. The van der Waals surface area contributed by atoms with E-state index in [0.29, 0.717) is 12.8 Å². The number of piperidine rings is 1. The fourth-order valence-corrected chi connectivity index (χ4v) is 3.29. The molecule has 0 spiro atoms. The Morgan fingerprint density at radius 2 is 1.77 bits per heavy atom. The minimum atomic E-state index is -0.780. The maximum absolute atomic E-state index is 11.8. The van der Waals surface area contributed by atoms with Crippen molar-refractivity contribution < 1.29 is 19.5 Å². The number of imide groups is 1. The molecular weight excluding hydrogens is 336 g/mol. The Morgan fingerprint density at radius 3 is 2.38 bits per heavy atom. The summed E-state index contributed by atoms with van der Waals surface area (Å²) < 4.78 is 0. The molecule has 2 saturated heterocycles. The van der Waals surface area contributed by atoms with E-state index in [9.17, 15) is 14.4 Å². The van der Waals surface area contributed by atoms with E-state index in [2.05, 4.69) is 15.5 Å². The Bertz CT molecular complexity index is 668. The Morgan fingerprint density at radius 1 is 1.12 bits per heavy atom. The van der Waals surface area contributed by atoms with Gasteiger partial charge < -0.3 is 10.4 Å². The molecule has 1 aromatic carbocycles. The number of amides is 2. The van der Waals surface area contributed by atoms with E-state index in [4.69, 9.17) is 5.11 Å². The molecule has 1 aromatic rings. The summed E-state index contributed by atoms with van der Waals surface area (Å²) in [5, 5.41) is 14.3. The number of carbonyl (C=O) groups excluding carboxylic acids is 2. The molecule has 1 atom stereocenters. The van der Waals surface area contributed by atoms with Crippen molar-refractivity contribution in [3.05, 3.63) is 29.8 Å². The molecular formula is C18H24N4O4. The summed E-state index contributed by atoms with van der Waals surface area (Å²) in [6, 6.07) is 7.57. The third kappa shape index (κ3) is 5.03. The van der Waals surface area contributed by atoms with Crippen molar-refractivity contribution in [2.45, 2.75) is 25.4 Å². The molecule has 0 saturated carbocycles. The van der Waals surface area contributed by atoms with Crippen LogP contribution in [0, 0.1) is 0 Å². The Labute approximate surface area is 152 Å². The van der Waals surface area contributed by atoms with Crippen LogP contribution in [0.25, 0.3) is 0 Å². The highest BCUT2D eigenvalue weighted by Gasteiger charge is 2.26. The molecule has 0 bridgehead atoms. The first-order valence-corrected chi connectivity index (χ1v) is 8.85. The second kappa shape index (κ2) is 8.29. The second-order valence-electron chi connectivity index (χ2n) is 6.79. The minimum absolute atomic E-state index is 0.106. The molecule has 2 aliphatic heterocycles. The molecule has 0 aromatic heterocycles. The summed E-state index contributed by atoms with van der Waals surface area (Å²) in [5.41, 5.74) is 2.03. The predicted octanol–water partition coefficient (Wildman–Crippen LogP) is 0.106. The summed E-state index contributed by atoms with van der Waals surface area (Å²) in [4.78, 5) is 38.0. The molecule has 0 aliphatic carbocycles. The molecule has 2 fully saturated rings. The van der Waals surface area contributed by atoms with E-state index >= 15 is 0 Å². The first kappa shape index (κ1) is 18.3. The number of hydrogen-bond donors (Lipinski definition) is 3. The quantitative estimate of drug-likeness (QED) is 0.619. The maximum atomic E-state index is 11.8. The lowest BCUT2D eigenvalue weighted by Crippen LogP contribution is -2.47. The van der Waals surface area contributed by atoms with Crippen LogP contribution >= 0.6 is 0 Å². The van der Waals surface area contributed by atoms with Crippen LogP contribution in [0.15, 0.2) is 24.3 Å². The zero-order valence-corrected chi connectivity index (χ0v) is 14.6. The second-order valence-corrected chi connectivity index (χ2v) is 6.79. The van der Waals surface area contributed by atoms with Crippen LogP contribution in [0.3, 0.4) is 0 Å². The van der Waals surface area contributed by atoms with E-state index in [1.165, 1.54) is 5.56 Å². The summed E-state index contributed by atoms with van der Waals surface area (Å²) in [5.74, 6) is -1.27. The topological polar surface area (TPSA) is 102 Å². The fraction of sp³-hybridized carbons (Fsp3) is 0.500. The number of nitrogens with one attached hydrogen (secondary N) is 2. The standard InChI is InChI=1S/C18H24N4O4/c23-16-6-5-15(18(26)20-16)19-14-3-1-13(2-4-14)11-21-7-9-22(10-8-21)12-17(24)25/h1-4,15,19H,5-12H2,(H,24,25)(H,20,23,26). The molecule has 8 nitrogen and oxygen atoms in total. The van der Waals surface area contributed by atoms with Gasteiger partial charge in [0.1, 0.15) is 6.04 Å². The maximum Gasteiger partial charge on any atom is 0.317 e. The lowest BCUT2D eigenvalue weighted by Gasteiger charge is -2.33. The number of nitrogens with zero attached hydrogens (tertiary/aromatic N) is 2. The lowest BCUT2D eigenvalue weighted by atomic mass is 10.1. The van der Waals surface area contributed by atoms with E-state index in [-0.39, 0.29) is 24.4 Å². The SMILES string of the molecule is O=C(O)CN1CCN(Cc2ccc(NC3CCC(=O)NC3=O)cc2)CC1. The average molecular weight is 360 g/mol. The van der Waals surface area contributed by atoms with Crippen molar-refractivity contribution in [2.24, 2.45) is 0 Å². The van der Waals surface area contributed by atoms with Crippen molar-refractivity contribution in [3.8, 4) is 0 Å². The van der Waals surface area contributed by atoms with Crippen LogP contribution in [0.5, 0.6) is 0 Å². The summed E-state index contributed by atoms with van der Waals surface area (Å²) in [6.07, 6.45) is 0.863. The molecule has 140 valence electrons. The van der Waals surface area contributed by atoms with E-state index in [1.54, 1.807) is 0 Å². The highest BCUT2D eigenvalue weighted by Crippen LogP contribution is 2.16. The van der Waals surface area contributed by atoms with Crippen molar-refractivity contribution in [1.29, 1.82) is 0 Å². The number of benzene rings is 1. The first-order valence-electron chi connectivity index (χ1n) is 8.85. The molecule has 3 rings (SSSR count). The van der Waals surface area contributed by atoms with E-state index in [0.717, 1.165) is 38.4 Å². The largest absolute Gasteiger partial charge is 0.480 e. The van der Waals surface area contributed by atoms with Crippen LogP contribution in [0.1, 0.15) is 18.4 Å². The number of hydrogen-bond acceptors (Lipinski definition) is 6. The van der Waals surface area contributed by atoms with Gasteiger partial charge in [0, 0.05) is 44.8 Å². The highest BCUT2D eigenvalue weighted by molar-refractivity contribution is 6.01. The zero-order valence-electron chi connectivity index (χ0n) is 14.6. The molecule has 26 heavy (non-hydrogen) atoms. The van der Waals surface area contributed by atoms with Crippen LogP contribution < -0.4 is 10.6 Å². The summed E-state index contributed by atoms with van der Waals surface area (Å²) in [7, 11) is 0. The lowest BCUT2D eigenvalue weighted by molar-refractivity contribution is -0.139. The van der Waals surface area contributed by atoms with Crippen LogP contribution in [0.2, 0.25) is 0 Å². The molecule has 2 aliphatic rings. The van der Waals surface area contributed by atoms with Gasteiger partial charge in [-0.25, -0.2) is 0 Å².